The zero-order chi connectivity index (χ0) is 22.8. The summed E-state index contributed by atoms with van der Waals surface area (Å²) in [6, 6.07) is 11.2. The van der Waals surface area contributed by atoms with Crippen LogP contribution in [0.1, 0.15) is 30.0 Å². The topological polar surface area (TPSA) is 119 Å². The van der Waals surface area contributed by atoms with E-state index in [0.717, 1.165) is 12.8 Å². The molecule has 32 heavy (non-hydrogen) atoms. The van der Waals surface area contributed by atoms with Gasteiger partial charge in [0.25, 0.3) is 17.4 Å². The normalized spacial score (nSPS) is 22.3. The summed E-state index contributed by atoms with van der Waals surface area (Å²) in [5.74, 6) is -1.28. The molecule has 0 spiro atoms. The number of hydrogen-bond acceptors (Lipinski definition) is 7. The van der Waals surface area contributed by atoms with Crippen molar-refractivity contribution in [1.29, 1.82) is 0 Å². The van der Waals surface area contributed by atoms with E-state index in [0.29, 0.717) is 23.5 Å². The number of carbonyl (C=O) groups is 2. The molecule has 166 valence electrons. The fourth-order valence-electron chi connectivity index (χ4n) is 4.11. The van der Waals surface area contributed by atoms with E-state index in [-0.39, 0.29) is 29.7 Å². The third kappa shape index (κ3) is 3.94. The molecule has 0 unspecified atom stereocenters. The third-order valence-electron chi connectivity index (χ3n) is 5.75. The number of ketones is 1. The van der Waals surface area contributed by atoms with E-state index in [4.69, 9.17) is 9.47 Å². The second-order valence-corrected chi connectivity index (χ2v) is 7.66. The molecule has 2 fully saturated rings. The lowest BCUT2D eigenvalue weighted by molar-refractivity contribution is -0.384. The molecule has 9 heteroatoms. The van der Waals surface area contributed by atoms with E-state index in [1.807, 2.05) is 0 Å². The highest BCUT2D eigenvalue weighted by atomic mass is 16.6. The molecular weight excluding hydrogens is 416 g/mol. The van der Waals surface area contributed by atoms with Crippen molar-refractivity contribution in [3.05, 3.63) is 75.3 Å². The molecule has 2 aliphatic heterocycles. The quantitative estimate of drug-likeness (QED) is 0.242. The molecule has 0 aromatic heterocycles. The van der Waals surface area contributed by atoms with E-state index < -0.39 is 22.7 Å². The number of Topliss-reactive ketones (excluding diaryl/α,β-unsaturated/α-hetero) is 1. The van der Waals surface area contributed by atoms with Crippen LogP contribution in [0.25, 0.3) is 5.76 Å². The zero-order valence-corrected chi connectivity index (χ0v) is 17.4. The van der Waals surface area contributed by atoms with Crippen molar-refractivity contribution < 1.29 is 29.1 Å². The number of aliphatic hydroxyl groups is 1. The highest BCUT2D eigenvalue weighted by Gasteiger charge is 2.47. The Labute approximate surface area is 184 Å². The summed E-state index contributed by atoms with van der Waals surface area (Å²) in [5, 5.41) is 22.1. The van der Waals surface area contributed by atoms with Crippen LogP contribution in [-0.4, -0.2) is 53.0 Å². The second-order valence-electron chi connectivity index (χ2n) is 7.66. The van der Waals surface area contributed by atoms with Crippen LogP contribution in [0.3, 0.4) is 0 Å². The van der Waals surface area contributed by atoms with Crippen LogP contribution in [0.2, 0.25) is 0 Å². The minimum Gasteiger partial charge on any atom is -0.507 e. The van der Waals surface area contributed by atoms with Gasteiger partial charge in [-0.3, -0.25) is 19.7 Å². The minimum absolute atomic E-state index is 0.0629. The highest BCUT2D eigenvalue weighted by Crippen LogP contribution is 2.40. The molecule has 1 amide bonds. The number of ether oxygens (including phenoxy) is 2. The van der Waals surface area contributed by atoms with Crippen molar-refractivity contribution in [2.24, 2.45) is 0 Å². The van der Waals surface area contributed by atoms with Gasteiger partial charge in [-0.25, -0.2) is 0 Å². The number of non-ortho nitro benzene ring substituents is 1. The van der Waals surface area contributed by atoms with Gasteiger partial charge in [0.15, 0.2) is 0 Å². The summed E-state index contributed by atoms with van der Waals surface area (Å²) < 4.78 is 10.8. The van der Waals surface area contributed by atoms with Gasteiger partial charge in [0.05, 0.1) is 29.8 Å². The first kappa shape index (κ1) is 21.5. The monoisotopic (exact) mass is 438 g/mol. The number of likely N-dealkylation sites (tertiary alicyclic amines) is 1. The summed E-state index contributed by atoms with van der Waals surface area (Å²) in [7, 11) is 1.51. The predicted molar refractivity (Wildman–Crippen MR) is 114 cm³/mol. The van der Waals surface area contributed by atoms with Gasteiger partial charge in [-0.15, -0.1) is 0 Å². The maximum absolute atomic E-state index is 13.0. The predicted octanol–water partition coefficient (Wildman–Crippen LogP) is 3.20. The van der Waals surface area contributed by atoms with Crippen LogP contribution in [-0.2, 0) is 14.3 Å². The van der Waals surface area contributed by atoms with Gasteiger partial charge in [0, 0.05) is 30.8 Å². The summed E-state index contributed by atoms with van der Waals surface area (Å²) >= 11 is 0. The molecule has 9 nitrogen and oxygen atoms in total. The highest BCUT2D eigenvalue weighted by molar-refractivity contribution is 6.46. The van der Waals surface area contributed by atoms with Crippen LogP contribution >= 0.6 is 0 Å². The fraction of sp³-hybridized carbons (Fsp3) is 0.304. The molecule has 2 aromatic carbocycles. The number of methoxy groups -OCH3 is 1. The Bertz CT molecular complexity index is 1070. The maximum atomic E-state index is 13.0. The molecule has 2 atom stereocenters. The van der Waals surface area contributed by atoms with Gasteiger partial charge >= 0.3 is 0 Å². The molecule has 0 bridgehead atoms. The van der Waals surface area contributed by atoms with Gasteiger partial charge in [-0.2, -0.15) is 0 Å². The van der Waals surface area contributed by atoms with Crippen LogP contribution in [0.5, 0.6) is 5.75 Å². The van der Waals surface area contributed by atoms with E-state index in [1.165, 1.54) is 36.3 Å². The Morgan fingerprint density at radius 1 is 1.19 bits per heavy atom. The van der Waals surface area contributed by atoms with Gasteiger partial charge in [0.1, 0.15) is 11.5 Å². The van der Waals surface area contributed by atoms with Gasteiger partial charge in [-0.1, -0.05) is 0 Å². The number of nitro groups is 1. The summed E-state index contributed by atoms with van der Waals surface area (Å²) in [5.41, 5.74) is 0.669. The Hall–Kier alpha value is -3.72. The lowest BCUT2D eigenvalue weighted by Gasteiger charge is -2.27. The van der Waals surface area contributed by atoms with Crippen LogP contribution in [0.15, 0.2) is 54.1 Å². The Morgan fingerprint density at radius 2 is 1.88 bits per heavy atom. The van der Waals surface area contributed by atoms with E-state index in [1.54, 1.807) is 24.3 Å². The van der Waals surface area contributed by atoms with Crippen LogP contribution in [0.4, 0.5) is 5.69 Å². The molecule has 0 aliphatic carbocycles. The lowest BCUT2D eigenvalue weighted by Crippen LogP contribution is -2.36. The molecule has 2 aliphatic rings. The number of carbonyl (C=O) groups excluding carboxylic acids is 2. The number of nitrogens with zero attached hydrogens (tertiary/aromatic N) is 2. The van der Waals surface area contributed by atoms with Crippen LogP contribution < -0.4 is 4.74 Å². The second kappa shape index (κ2) is 8.80. The van der Waals surface area contributed by atoms with Crippen molar-refractivity contribution in [3.63, 3.8) is 0 Å². The van der Waals surface area contributed by atoms with Crippen molar-refractivity contribution in [3.8, 4) is 5.75 Å². The first-order valence-electron chi connectivity index (χ1n) is 10.2. The van der Waals surface area contributed by atoms with E-state index >= 15 is 0 Å². The van der Waals surface area contributed by atoms with Crippen LogP contribution in [0, 0.1) is 10.1 Å². The number of benzene rings is 2. The van der Waals surface area contributed by atoms with Gasteiger partial charge < -0.3 is 19.5 Å². The molecule has 0 radical (unpaired) electrons. The smallest absolute Gasteiger partial charge is 0.295 e. The molecule has 2 heterocycles. The standard InChI is InChI=1S/C23H22N2O7/c1-31-17-10-6-15(7-11-17)21(26)19-20(14-4-8-16(9-5-14)25(29)30)24(23(28)22(19)27)13-18-3-2-12-32-18/h4-11,18,20,26H,2-3,12-13H2,1H3/t18-,20+/m0/s1. The molecular formula is C23H22N2O7. The Kier molecular flexibility index (Phi) is 5.91. The third-order valence-corrected chi connectivity index (χ3v) is 5.75. The lowest BCUT2D eigenvalue weighted by atomic mass is 9.95. The average molecular weight is 438 g/mol. The van der Waals surface area contributed by atoms with Crippen molar-refractivity contribution in [2.75, 3.05) is 20.3 Å². The molecule has 0 saturated carbocycles. The molecule has 4 rings (SSSR count). The first-order valence-corrected chi connectivity index (χ1v) is 10.2. The number of rotatable bonds is 6. The maximum Gasteiger partial charge on any atom is 0.295 e. The summed E-state index contributed by atoms with van der Waals surface area (Å²) in [4.78, 5) is 37.9. The van der Waals surface area contributed by atoms with Crippen molar-refractivity contribution in [2.45, 2.75) is 25.0 Å². The number of aliphatic hydroxyl groups excluding tert-OH is 1. The average Bonchev–Trinajstić information content (AvgIpc) is 3.41. The number of nitro benzene ring substituents is 1. The molecule has 2 saturated heterocycles. The largest absolute Gasteiger partial charge is 0.507 e. The van der Waals surface area contributed by atoms with Crippen molar-refractivity contribution >= 4 is 23.1 Å². The van der Waals surface area contributed by atoms with Gasteiger partial charge in [0.2, 0.25) is 0 Å². The Morgan fingerprint density at radius 3 is 2.44 bits per heavy atom. The summed E-state index contributed by atoms with van der Waals surface area (Å²) in [6.07, 6.45) is 1.41. The molecule has 1 N–H and O–H groups in total. The SMILES string of the molecule is COc1ccc(C(O)=C2C(=O)C(=O)N(C[C@@H]3CCCO3)[C@@H]2c2ccc([N+](=O)[O-])cc2)cc1. The van der Waals surface area contributed by atoms with E-state index in [2.05, 4.69) is 0 Å². The first-order chi connectivity index (χ1) is 15.4. The fourth-order valence-corrected chi connectivity index (χ4v) is 4.11. The minimum atomic E-state index is -0.887. The Balaban J connectivity index is 1.80. The molecule has 2 aromatic rings. The number of hydrogen-bond donors (Lipinski definition) is 1. The summed E-state index contributed by atoms with van der Waals surface area (Å²) in [6.45, 7) is 0.772. The van der Waals surface area contributed by atoms with E-state index in [9.17, 15) is 24.8 Å². The van der Waals surface area contributed by atoms with Crippen molar-refractivity contribution in [1.82, 2.24) is 4.90 Å². The number of amides is 1. The van der Waals surface area contributed by atoms with Gasteiger partial charge in [-0.05, 0) is 54.8 Å². The zero-order valence-electron chi connectivity index (χ0n) is 17.4.